The molecule has 2 nitrogen and oxygen atoms in total. The largest absolute Gasteiger partial charge is 0.381 e. The Kier molecular flexibility index (Phi) is 5.07. The fraction of sp³-hybridized carbons (Fsp3) is 0.600. The zero-order chi connectivity index (χ0) is 13.0. The van der Waals surface area contributed by atoms with E-state index in [1.807, 2.05) is 0 Å². The van der Waals surface area contributed by atoms with Crippen molar-refractivity contribution in [3.8, 4) is 0 Å². The van der Waals surface area contributed by atoms with Crippen molar-refractivity contribution in [1.82, 2.24) is 0 Å². The first-order chi connectivity index (χ1) is 8.70. The summed E-state index contributed by atoms with van der Waals surface area (Å²) in [5.41, 5.74) is 4.06. The van der Waals surface area contributed by atoms with E-state index in [4.69, 9.17) is 4.74 Å². The summed E-state index contributed by atoms with van der Waals surface area (Å²) < 4.78 is 5.42. The van der Waals surface area contributed by atoms with E-state index in [9.17, 15) is 0 Å². The maximum absolute atomic E-state index is 5.42. The third-order valence-electron chi connectivity index (χ3n) is 3.70. The third-order valence-corrected chi connectivity index (χ3v) is 4.35. The summed E-state index contributed by atoms with van der Waals surface area (Å²) in [6.07, 6.45) is 2.39. The Bertz CT molecular complexity index is 388. The molecule has 2 rings (SSSR count). The quantitative estimate of drug-likeness (QED) is 0.785. The number of aryl methyl sites for hydroxylation is 1. The molecule has 1 aromatic carbocycles. The van der Waals surface area contributed by atoms with Crippen LogP contribution in [-0.4, -0.2) is 26.8 Å². The Morgan fingerprint density at radius 2 is 2.06 bits per heavy atom. The third kappa shape index (κ3) is 3.48. The number of benzene rings is 1. The van der Waals surface area contributed by atoms with Gasteiger partial charge in [-0.05, 0) is 42.9 Å². The number of anilines is 1. The van der Waals surface area contributed by atoms with E-state index in [2.05, 4.69) is 53.0 Å². The highest BCUT2D eigenvalue weighted by molar-refractivity contribution is 9.08. The van der Waals surface area contributed by atoms with Gasteiger partial charge in [-0.2, -0.15) is 0 Å². The maximum Gasteiger partial charge on any atom is 0.0469 e. The molecule has 0 radical (unpaired) electrons. The van der Waals surface area contributed by atoms with E-state index in [-0.39, 0.29) is 0 Å². The van der Waals surface area contributed by atoms with Crippen LogP contribution in [0.2, 0.25) is 0 Å². The first kappa shape index (κ1) is 13.9. The standard InChI is InChI=1S/C15H22BrNO/c1-12-9-14(10-16)3-4-15(12)17(2)11-13-5-7-18-8-6-13/h3-4,9,13H,5-8,10-11H2,1-2H3. The minimum Gasteiger partial charge on any atom is -0.381 e. The van der Waals surface area contributed by atoms with Crippen LogP contribution in [0.3, 0.4) is 0 Å². The minimum absolute atomic E-state index is 0.777. The summed E-state index contributed by atoms with van der Waals surface area (Å²) in [6.45, 7) is 5.19. The lowest BCUT2D eigenvalue weighted by Gasteiger charge is -2.29. The molecule has 1 fully saturated rings. The van der Waals surface area contributed by atoms with Gasteiger partial charge < -0.3 is 9.64 Å². The normalized spacial score (nSPS) is 16.8. The van der Waals surface area contributed by atoms with Gasteiger partial charge in [0, 0.05) is 37.8 Å². The number of rotatable bonds is 4. The Hall–Kier alpha value is -0.540. The molecule has 0 spiro atoms. The monoisotopic (exact) mass is 311 g/mol. The molecule has 0 bridgehead atoms. The molecule has 3 heteroatoms. The number of hydrogen-bond acceptors (Lipinski definition) is 2. The molecule has 0 aromatic heterocycles. The number of alkyl halides is 1. The van der Waals surface area contributed by atoms with E-state index in [1.54, 1.807) is 0 Å². The van der Waals surface area contributed by atoms with Gasteiger partial charge in [0.15, 0.2) is 0 Å². The van der Waals surface area contributed by atoms with Crippen molar-refractivity contribution in [2.24, 2.45) is 5.92 Å². The van der Waals surface area contributed by atoms with E-state index >= 15 is 0 Å². The molecule has 18 heavy (non-hydrogen) atoms. The summed E-state index contributed by atoms with van der Waals surface area (Å²) in [7, 11) is 2.20. The second-order valence-corrected chi connectivity index (χ2v) is 5.75. The molecular formula is C15H22BrNO. The van der Waals surface area contributed by atoms with Gasteiger partial charge in [-0.15, -0.1) is 0 Å². The van der Waals surface area contributed by atoms with Crippen LogP contribution in [0.1, 0.15) is 24.0 Å². The summed E-state index contributed by atoms with van der Waals surface area (Å²) >= 11 is 3.51. The Morgan fingerprint density at radius 1 is 1.33 bits per heavy atom. The number of halogens is 1. The number of nitrogens with zero attached hydrogens (tertiary/aromatic N) is 1. The first-order valence-electron chi connectivity index (χ1n) is 6.65. The fourth-order valence-corrected chi connectivity index (χ4v) is 2.99. The van der Waals surface area contributed by atoms with Crippen LogP contribution >= 0.6 is 15.9 Å². The average Bonchev–Trinajstić information content (AvgIpc) is 2.39. The van der Waals surface area contributed by atoms with Gasteiger partial charge in [0.25, 0.3) is 0 Å². The van der Waals surface area contributed by atoms with Crippen LogP contribution in [0.25, 0.3) is 0 Å². The average molecular weight is 312 g/mol. The molecule has 1 saturated heterocycles. The Labute approximate surface area is 118 Å². The number of hydrogen-bond donors (Lipinski definition) is 0. The molecule has 1 aliphatic heterocycles. The highest BCUT2D eigenvalue weighted by Gasteiger charge is 2.16. The lowest BCUT2D eigenvalue weighted by atomic mass is 9.99. The smallest absolute Gasteiger partial charge is 0.0469 e. The summed E-state index contributed by atoms with van der Waals surface area (Å²) in [5.74, 6) is 0.777. The molecule has 0 saturated carbocycles. The van der Waals surface area contributed by atoms with Crippen molar-refractivity contribution in [2.75, 3.05) is 31.7 Å². The summed E-state index contributed by atoms with van der Waals surface area (Å²) in [4.78, 5) is 2.39. The zero-order valence-electron chi connectivity index (χ0n) is 11.3. The van der Waals surface area contributed by atoms with E-state index in [0.29, 0.717) is 0 Å². The van der Waals surface area contributed by atoms with Crippen molar-refractivity contribution < 1.29 is 4.74 Å². The Morgan fingerprint density at radius 3 is 2.67 bits per heavy atom. The number of ether oxygens (including phenoxy) is 1. The van der Waals surface area contributed by atoms with E-state index < -0.39 is 0 Å². The maximum atomic E-state index is 5.42. The van der Waals surface area contributed by atoms with Crippen LogP contribution in [0.15, 0.2) is 18.2 Å². The van der Waals surface area contributed by atoms with Crippen LogP contribution < -0.4 is 4.90 Å². The van der Waals surface area contributed by atoms with Crippen molar-refractivity contribution >= 4 is 21.6 Å². The minimum atomic E-state index is 0.777. The lowest BCUT2D eigenvalue weighted by Crippen LogP contribution is -2.29. The molecule has 0 unspecified atom stereocenters. The molecular weight excluding hydrogens is 290 g/mol. The molecule has 1 aromatic rings. The van der Waals surface area contributed by atoms with Crippen molar-refractivity contribution in [3.05, 3.63) is 29.3 Å². The van der Waals surface area contributed by atoms with Gasteiger partial charge in [0.05, 0.1) is 0 Å². The second-order valence-electron chi connectivity index (χ2n) is 5.19. The van der Waals surface area contributed by atoms with Gasteiger partial charge in [-0.1, -0.05) is 28.1 Å². The predicted octanol–water partition coefficient (Wildman–Crippen LogP) is 3.75. The molecule has 1 aliphatic rings. The van der Waals surface area contributed by atoms with Gasteiger partial charge in [0.1, 0.15) is 0 Å². The molecule has 0 atom stereocenters. The molecule has 0 N–H and O–H groups in total. The van der Waals surface area contributed by atoms with Crippen molar-refractivity contribution in [2.45, 2.75) is 25.1 Å². The van der Waals surface area contributed by atoms with Crippen molar-refractivity contribution in [3.63, 3.8) is 0 Å². The van der Waals surface area contributed by atoms with E-state index in [0.717, 1.165) is 31.0 Å². The van der Waals surface area contributed by atoms with Gasteiger partial charge in [-0.25, -0.2) is 0 Å². The van der Waals surface area contributed by atoms with Gasteiger partial charge >= 0.3 is 0 Å². The Balaban J connectivity index is 2.01. The first-order valence-corrected chi connectivity index (χ1v) is 7.77. The molecule has 0 aliphatic carbocycles. The topological polar surface area (TPSA) is 12.5 Å². The lowest BCUT2D eigenvalue weighted by molar-refractivity contribution is 0.0685. The molecule has 100 valence electrons. The van der Waals surface area contributed by atoms with Crippen molar-refractivity contribution in [1.29, 1.82) is 0 Å². The highest BCUT2D eigenvalue weighted by atomic mass is 79.9. The summed E-state index contributed by atoms with van der Waals surface area (Å²) in [6, 6.07) is 6.72. The predicted molar refractivity (Wildman–Crippen MR) is 80.6 cm³/mol. The van der Waals surface area contributed by atoms with Crippen LogP contribution in [0, 0.1) is 12.8 Å². The second kappa shape index (κ2) is 6.58. The summed E-state index contributed by atoms with van der Waals surface area (Å²) in [5, 5.41) is 0.928. The van der Waals surface area contributed by atoms with Gasteiger partial charge in [0.2, 0.25) is 0 Å². The molecule has 0 amide bonds. The highest BCUT2D eigenvalue weighted by Crippen LogP contribution is 2.24. The van der Waals surface area contributed by atoms with Crippen LogP contribution in [-0.2, 0) is 10.1 Å². The zero-order valence-corrected chi connectivity index (χ0v) is 12.9. The van der Waals surface area contributed by atoms with Crippen LogP contribution in [0.4, 0.5) is 5.69 Å². The molecule has 1 heterocycles. The fourth-order valence-electron chi connectivity index (χ4n) is 2.64. The SMILES string of the molecule is Cc1cc(CBr)ccc1N(C)CC1CCOCC1. The van der Waals surface area contributed by atoms with Crippen LogP contribution in [0.5, 0.6) is 0 Å². The van der Waals surface area contributed by atoms with E-state index in [1.165, 1.54) is 29.7 Å². The van der Waals surface area contributed by atoms with Gasteiger partial charge in [-0.3, -0.25) is 0 Å².